The number of benzene rings is 4. The van der Waals surface area contributed by atoms with Gasteiger partial charge in [0, 0.05) is 0 Å². The van der Waals surface area contributed by atoms with Gasteiger partial charge in [-0.3, -0.25) is 0 Å². The van der Waals surface area contributed by atoms with Gasteiger partial charge >= 0.3 is 0 Å². The minimum Gasteiger partial charge on any atom is -0.508 e. The number of hydrogen-bond acceptors (Lipinski definition) is 3. The molecule has 0 aliphatic carbocycles. The topological polar surface area (TPSA) is 60.7 Å². The van der Waals surface area contributed by atoms with Crippen LogP contribution in [0.3, 0.4) is 0 Å². The molecule has 0 heterocycles. The second-order valence-electron chi connectivity index (χ2n) is 12.4. The fourth-order valence-electron chi connectivity index (χ4n) is 6.55. The van der Waals surface area contributed by atoms with Gasteiger partial charge in [-0.1, -0.05) is 80.5 Å². The maximum absolute atomic E-state index is 10.6. The average molecular weight is 565 g/mol. The maximum atomic E-state index is 10.6. The van der Waals surface area contributed by atoms with Crippen molar-refractivity contribution >= 4 is 0 Å². The van der Waals surface area contributed by atoms with Crippen LogP contribution in [0.2, 0.25) is 0 Å². The van der Waals surface area contributed by atoms with Crippen molar-refractivity contribution in [3.05, 3.63) is 88.0 Å². The molecule has 3 heteroatoms. The lowest BCUT2D eigenvalue weighted by atomic mass is 9.71. The van der Waals surface area contributed by atoms with Gasteiger partial charge in [-0.15, -0.1) is 0 Å². The van der Waals surface area contributed by atoms with Crippen molar-refractivity contribution in [2.75, 3.05) is 0 Å². The van der Waals surface area contributed by atoms with Gasteiger partial charge in [-0.05, 0) is 140 Å². The zero-order valence-electron chi connectivity index (χ0n) is 26.9. The lowest BCUT2D eigenvalue weighted by molar-refractivity contribution is 0.468. The summed E-state index contributed by atoms with van der Waals surface area (Å²) >= 11 is 0. The molecule has 222 valence electrons. The summed E-state index contributed by atoms with van der Waals surface area (Å²) in [6, 6.07) is 18.2. The van der Waals surface area contributed by atoms with Crippen LogP contribution < -0.4 is 0 Å². The Labute approximate surface area is 252 Å². The molecule has 4 rings (SSSR count). The lowest BCUT2D eigenvalue weighted by Crippen LogP contribution is -2.11. The molecule has 3 nitrogen and oxygen atoms in total. The Kier molecular flexibility index (Phi) is 9.40. The first-order chi connectivity index (χ1) is 19.9. The van der Waals surface area contributed by atoms with E-state index in [2.05, 4.69) is 98.7 Å². The fourth-order valence-corrected chi connectivity index (χ4v) is 6.55. The van der Waals surface area contributed by atoms with Gasteiger partial charge in [-0.25, -0.2) is 0 Å². The second-order valence-corrected chi connectivity index (χ2v) is 12.4. The standard InChI is InChI=1S/C39H48O3/c1-10-25-19-28(13-16-31(25)40)37-34(22(4)5)38(29-14-17-32(41)26(11-2)20-29)36(24(8)9)39(35(37)23(6)7)30-15-18-33(42)27(12-3)21-30/h13-24,40-42H,10-12H2,1-9H3. The van der Waals surface area contributed by atoms with Crippen LogP contribution in [0.5, 0.6) is 17.2 Å². The first-order valence-corrected chi connectivity index (χ1v) is 15.6. The second kappa shape index (κ2) is 12.7. The molecular formula is C39H48O3. The van der Waals surface area contributed by atoms with Crippen molar-refractivity contribution in [2.45, 2.75) is 99.3 Å². The molecule has 0 saturated carbocycles. The Morgan fingerprint density at radius 1 is 0.429 bits per heavy atom. The fraction of sp³-hybridized carbons (Fsp3) is 0.385. The van der Waals surface area contributed by atoms with Crippen molar-refractivity contribution in [1.82, 2.24) is 0 Å². The van der Waals surface area contributed by atoms with Crippen molar-refractivity contribution < 1.29 is 15.3 Å². The first-order valence-electron chi connectivity index (χ1n) is 15.6. The Balaban J connectivity index is 2.35. The Morgan fingerprint density at radius 2 is 0.667 bits per heavy atom. The maximum Gasteiger partial charge on any atom is 0.118 e. The number of phenolic OH excluding ortho intramolecular Hbond substituents is 3. The minimum absolute atomic E-state index is 0.211. The lowest BCUT2D eigenvalue weighted by Gasteiger charge is -2.32. The van der Waals surface area contributed by atoms with E-state index in [1.54, 1.807) is 0 Å². The van der Waals surface area contributed by atoms with E-state index in [4.69, 9.17) is 0 Å². The highest BCUT2D eigenvalue weighted by Gasteiger charge is 2.30. The number of aromatic hydroxyl groups is 3. The molecular weight excluding hydrogens is 516 g/mol. The van der Waals surface area contributed by atoms with Crippen LogP contribution in [0.1, 0.15) is 113 Å². The van der Waals surface area contributed by atoms with Crippen LogP contribution in [-0.2, 0) is 19.3 Å². The molecule has 0 unspecified atom stereocenters. The highest BCUT2D eigenvalue weighted by Crippen LogP contribution is 2.52. The predicted molar refractivity (Wildman–Crippen MR) is 178 cm³/mol. The Hall–Kier alpha value is -3.72. The zero-order valence-corrected chi connectivity index (χ0v) is 26.9. The van der Waals surface area contributed by atoms with Crippen molar-refractivity contribution in [3.8, 4) is 50.6 Å². The third-order valence-electron chi connectivity index (χ3n) is 8.60. The van der Waals surface area contributed by atoms with Crippen LogP contribution in [0.15, 0.2) is 54.6 Å². The molecule has 3 N–H and O–H groups in total. The molecule has 0 aliphatic heterocycles. The molecule has 0 aliphatic rings. The predicted octanol–water partition coefficient (Wildman–Crippen LogP) is 10.9. The number of rotatable bonds is 9. The molecule has 0 saturated heterocycles. The summed E-state index contributed by atoms with van der Waals surface area (Å²) < 4.78 is 0. The first kappa shape index (κ1) is 31.2. The van der Waals surface area contributed by atoms with E-state index in [-0.39, 0.29) is 17.8 Å². The minimum atomic E-state index is 0.211. The molecule has 0 amide bonds. The van der Waals surface area contributed by atoms with Crippen LogP contribution >= 0.6 is 0 Å². The molecule has 0 radical (unpaired) electrons. The average Bonchev–Trinajstić information content (AvgIpc) is 2.96. The van der Waals surface area contributed by atoms with Crippen LogP contribution in [0.4, 0.5) is 0 Å². The van der Waals surface area contributed by atoms with Crippen molar-refractivity contribution in [3.63, 3.8) is 0 Å². The van der Waals surface area contributed by atoms with E-state index < -0.39 is 0 Å². The zero-order chi connectivity index (χ0) is 30.9. The van der Waals surface area contributed by atoms with Crippen molar-refractivity contribution in [1.29, 1.82) is 0 Å². The molecule has 42 heavy (non-hydrogen) atoms. The summed E-state index contributed by atoms with van der Waals surface area (Å²) in [4.78, 5) is 0. The third kappa shape index (κ3) is 5.67. The number of phenols is 3. The van der Waals surface area contributed by atoms with Gasteiger partial charge < -0.3 is 15.3 Å². The monoisotopic (exact) mass is 564 g/mol. The van der Waals surface area contributed by atoms with Crippen LogP contribution in [0, 0.1) is 0 Å². The molecule has 0 atom stereocenters. The summed E-state index contributed by atoms with van der Waals surface area (Å²) in [5.74, 6) is 1.62. The molecule has 0 bridgehead atoms. The molecule has 4 aromatic rings. The van der Waals surface area contributed by atoms with E-state index in [0.717, 1.165) is 52.6 Å². The van der Waals surface area contributed by atoms with Gasteiger partial charge in [-0.2, -0.15) is 0 Å². The van der Waals surface area contributed by atoms with Gasteiger partial charge in [0.05, 0.1) is 0 Å². The van der Waals surface area contributed by atoms with E-state index in [1.807, 2.05) is 18.2 Å². The number of hydrogen-bond donors (Lipinski definition) is 3. The highest BCUT2D eigenvalue weighted by molar-refractivity contribution is 5.94. The summed E-state index contributed by atoms with van der Waals surface area (Å²) in [5.41, 5.74) is 13.7. The summed E-state index contributed by atoms with van der Waals surface area (Å²) in [6.45, 7) is 19.9. The quantitative estimate of drug-likeness (QED) is 0.189. The Morgan fingerprint density at radius 3 is 0.857 bits per heavy atom. The molecule has 0 aromatic heterocycles. The third-order valence-corrected chi connectivity index (χ3v) is 8.60. The van der Waals surface area contributed by atoms with E-state index >= 15 is 0 Å². The van der Waals surface area contributed by atoms with Crippen LogP contribution in [-0.4, -0.2) is 15.3 Å². The molecule has 4 aromatic carbocycles. The van der Waals surface area contributed by atoms with E-state index in [0.29, 0.717) is 17.2 Å². The molecule has 0 fully saturated rings. The Bertz CT molecular complexity index is 1380. The summed E-state index contributed by atoms with van der Waals surface area (Å²) in [5, 5.41) is 31.9. The van der Waals surface area contributed by atoms with Crippen molar-refractivity contribution in [2.24, 2.45) is 0 Å². The van der Waals surface area contributed by atoms with Crippen LogP contribution in [0.25, 0.3) is 33.4 Å². The summed E-state index contributed by atoms with van der Waals surface area (Å²) in [6.07, 6.45) is 2.23. The smallest absolute Gasteiger partial charge is 0.118 e. The largest absolute Gasteiger partial charge is 0.508 e. The molecule has 0 spiro atoms. The van der Waals surface area contributed by atoms with Gasteiger partial charge in [0.1, 0.15) is 17.2 Å². The van der Waals surface area contributed by atoms with Gasteiger partial charge in [0.25, 0.3) is 0 Å². The highest BCUT2D eigenvalue weighted by atomic mass is 16.3. The normalized spacial score (nSPS) is 11.7. The van der Waals surface area contributed by atoms with Gasteiger partial charge in [0.2, 0.25) is 0 Å². The number of aryl methyl sites for hydroxylation is 3. The van der Waals surface area contributed by atoms with Gasteiger partial charge in [0.15, 0.2) is 0 Å². The summed E-state index contributed by atoms with van der Waals surface area (Å²) in [7, 11) is 0. The van der Waals surface area contributed by atoms with E-state index in [9.17, 15) is 15.3 Å². The SMILES string of the molecule is CCc1cc(-c2c(C(C)C)c(-c3ccc(O)c(CC)c3)c(C(C)C)c(-c3ccc(O)c(CC)c3)c2C(C)C)ccc1O. The van der Waals surface area contributed by atoms with E-state index in [1.165, 1.54) is 33.4 Å².